The van der Waals surface area contributed by atoms with Crippen molar-refractivity contribution in [3.05, 3.63) is 29.8 Å². The lowest BCUT2D eigenvalue weighted by atomic mass is 9.80. The van der Waals surface area contributed by atoms with E-state index >= 15 is 0 Å². The summed E-state index contributed by atoms with van der Waals surface area (Å²) in [6.07, 6.45) is 0.903. The van der Waals surface area contributed by atoms with Crippen LogP contribution in [0.15, 0.2) is 24.3 Å². The molecule has 102 valence electrons. The molecule has 0 atom stereocenters. The predicted molar refractivity (Wildman–Crippen MR) is 69.0 cm³/mol. The number of nitrogens with zero attached hydrogens (tertiary/aromatic N) is 1. The molecule has 0 radical (unpaired) electrons. The molecule has 0 aliphatic carbocycles. The van der Waals surface area contributed by atoms with Crippen molar-refractivity contribution >= 4 is 11.9 Å². The van der Waals surface area contributed by atoms with Crippen molar-refractivity contribution in [2.75, 3.05) is 13.1 Å². The molecule has 1 aromatic carbocycles. The van der Waals surface area contributed by atoms with Gasteiger partial charge in [-0.15, -0.1) is 0 Å². The summed E-state index contributed by atoms with van der Waals surface area (Å²) in [7, 11) is 0. The molecule has 2 rings (SSSR count). The van der Waals surface area contributed by atoms with Crippen LogP contribution in [-0.4, -0.2) is 40.1 Å². The molecule has 19 heavy (non-hydrogen) atoms. The van der Waals surface area contributed by atoms with Gasteiger partial charge in [-0.05, 0) is 38.0 Å². The van der Waals surface area contributed by atoms with Crippen LogP contribution in [-0.2, 0) is 4.79 Å². The molecule has 5 heteroatoms. The lowest BCUT2D eigenvalue weighted by Crippen LogP contribution is -2.45. The molecule has 1 fully saturated rings. The van der Waals surface area contributed by atoms with Gasteiger partial charge in [0.15, 0.2) is 0 Å². The number of aliphatic carboxylic acids is 1. The van der Waals surface area contributed by atoms with Crippen LogP contribution in [0.2, 0.25) is 0 Å². The van der Waals surface area contributed by atoms with Crippen molar-refractivity contribution in [3.63, 3.8) is 0 Å². The predicted octanol–water partition coefficient (Wildman–Crippen LogP) is 1.72. The van der Waals surface area contributed by atoms with Crippen molar-refractivity contribution in [1.29, 1.82) is 0 Å². The first kappa shape index (κ1) is 13.4. The van der Waals surface area contributed by atoms with Crippen LogP contribution in [0.25, 0.3) is 0 Å². The zero-order chi connectivity index (χ0) is 14.0. The van der Waals surface area contributed by atoms with Crippen LogP contribution in [0.5, 0.6) is 5.75 Å². The van der Waals surface area contributed by atoms with Gasteiger partial charge in [0, 0.05) is 18.7 Å². The van der Waals surface area contributed by atoms with Crippen molar-refractivity contribution < 1.29 is 19.8 Å². The molecule has 0 aromatic heterocycles. The van der Waals surface area contributed by atoms with Gasteiger partial charge in [0.05, 0.1) is 5.41 Å². The third-order valence-corrected chi connectivity index (χ3v) is 3.76. The Morgan fingerprint density at radius 2 is 1.89 bits per heavy atom. The smallest absolute Gasteiger partial charge is 0.309 e. The summed E-state index contributed by atoms with van der Waals surface area (Å²) in [4.78, 5) is 25.0. The van der Waals surface area contributed by atoms with Gasteiger partial charge < -0.3 is 15.1 Å². The maximum Gasteiger partial charge on any atom is 0.309 e. The van der Waals surface area contributed by atoms with E-state index in [1.165, 1.54) is 12.1 Å². The first-order valence-corrected chi connectivity index (χ1v) is 6.24. The summed E-state index contributed by atoms with van der Waals surface area (Å²) < 4.78 is 0. The second-order valence-corrected chi connectivity index (χ2v) is 5.21. The normalized spacial score (nSPS) is 18.1. The minimum atomic E-state index is -0.808. The average Bonchev–Trinajstić information content (AvgIpc) is 2.38. The lowest BCUT2D eigenvalue weighted by molar-refractivity contribution is -0.150. The molecule has 0 unspecified atom stereocenters. The van der Waals surface area contributed by atoms with Crippen molar-refractivity contribution in [2.24, 2.45) is 5.41 Å². The summed E-state index contributed by atoms with van der Waals surface area (Å²) in [5.41, 5.74) is -0.311. The molecule has 1 aliphatic heterocycles. The van der Waals surface area contributed by atoms with Crippen LogP contribution in [0.1, 0.15) is 30.1 Å². The second kappa shape index (κ2) is 4.91. The van der Waals surface area contributed by atoms with Gasteiger partial charge in [-0.3, -0.25) is 9.59 Å². The van der Waals surface area contributed by atoms with Crippen LogP contribution >= 0.6 is 0 Å². The molecular weight excluding hydrogens is 246 g/mol. The lowest BCUT2D eigenvalue weighted by Gasteiger charge is -2.36. The number of hydrogen-bond donors (Lipinski definition) is 2. The summed E-state index contributed by atoms with van der Waals surface area (Å²) in [5.74, 6) is -0.918. The summed E-state index contributed by atoms with van der Waals surface area (Å²) >= 11 is 0. The van der Waals surface area contributed by atoms with Crippen molar-refractivity contribution in [1.82, 2.24) is 4.90 Å². The minimum absolute atomic E-state index is 0.0539. The van der Waals surface area contributed by atoms with E-state index in [9.17, 15) is 14.7 Å². The Morgan fingerprint density at radius 1 is 1.26 bits per heavy atom. The van der Waals surface area contributed by atoms with Crippen LogP contribution in [0, 0.1) is 5.41 Å². The second-order valence-electron chi connectivity index (χ2n) is 5.21. The number of piperidine rings is 1. The molecule has 0 bridgehead atoms. The Hall–Kier alpha value is -2.04. The Kier molecular flexibility index (Phi) is 3.46. The summed E-state index contributed by atoms with van der Waals surface area (Å²) in [6, 6.07) is 6.20. The fourth-order valence-electron chi connectivity index (χ4n) is 2.24. The fraction of sp³-hybridized carbons (Fsp3) is 0.429. The Labute approximate surface area is 111 Å². The molecule has 0 saturated carbocycles. The average molecular weight is 263 g/mol. The number of benzene rings is 1. The number of carboxylic acids is 1. The summed E-state index contributed by atoms with van der Waals surface area (Å²) in [6.45, 7) is 2.57. The third-order valence-electron chi connectivity index (χ3n) is 3.76. The zero-order valence-corrected chi connectivity index (χ0v) is 10.8. The highest BCUT2D eigenvalue weighted by atomic mass is 16.4. The van der Waals surface area contributed by atoms with Crippen molar-refractivity contribution in [2.45, 2.75) is 19.8 Å². The monoisotopic (exact) mass is 263 g/mol. The topological polar surface area (TPSA) is 77.8 Å². The van der Waals surface area contributed by atoms with Crippen molar-refractivity contribution in [3.8, 4) is 5.75 Å². The maximum atomic E-state index is 12.2. The molecule has 1 amide bonds. The van der Waals surface area contributed by atoms with Crippen LogP contribution < -0.4 is 0 Å². The molecule has 1 aliphatic rings. The fourth-order valence-corrected chi connectivity index (χ4v) is 2.24. The Balaban J connectivity index is 2.06. The molecule has 5 nitrogen and oxygen atoms in total. The first-order valence-electron chi connectivity index (χ1n) is 6.24. The number of phenolic OH excluding ortho intramolecular Hbond substituents is 1. The molecule has 1 aromatic rings. The first-order chi connectivity index (χ1) is 8.92. The van der Waals surface area contributed by atoms with Gasteiger partial charge in [0.1, 0.15) is 5.75 Å². The molecule has 1 saturated heterocycles. The number of carbonyl (C=O) groups is 2. The van der Waals surface area contributed by atoms with E-state index in [0.29, 0.717) is 31.5 Å². The Bertz CT molecular complexity index is 504. The largest absolute Gasteiger partial charge is 0.508 e. The number of phenols is 1. The number of aromatic hydroxyl groups is 1. The minimum Gasteiger partial charge on any atom is -0.508 e. The molecular formula is C14H17NO4. The number of carbonyl (C=O) groups excluding carboxylic acids is 1. The summed E-state index contributed by atoms with van der Waals surface area (Å²) in [5, 5.41) is 18.5. The highest BCUT2D eigenvalue weighted by Gasteiger charge is 2.38. The number of amides is 1. The maximum absolute atomic E-state index is 12.2. The van der Waals surface area contributed by atoms with E-state index in [1.807, 2.05) is 0 Å². The van der Waals surface area contributed by atoms with Crippen LogP contribution in [0.4, 0.5) is 0 Å². The zero-order valence-electron chi connectivity index (χ0n) is 10.8. The van der Waals surface area contributed by atoms with E-state index in [4.69, 9.17) is 5.11 Å². The van der Waals surface area contributed by atoms with Gasteiger partial charge >= 0.3 is 5.97 Å². The number of likely N-dealkylation sites (tertiary alicyclic amines) is 1. The number of carboxylic acid groups (broad SMARTS) is 1. The van der Waals surface area contributed by atoms with Gasteiger partial charge in [0.25, 0.3) is 5.91 Å². The van der Waals surface area contributed by atoms with E-state index in [0.717, 1.165) is 0 Å². The number of hydrogen-bond acceptors (Lipinski definition) is 3. The van der Waals surface area contributed by atoms with Crippen LogP contribution in [0.3, 0.4) is 0 Å². The Morgan fingerprint density at radius 3 is 2.42 bits per heavy atom. The molecule has 2 N–H and O–H groups in total. The van der Waals surface area contributed by atoms with Gasteiger partial charge in [-0.25, -0.2) is 0 Å². The standard InChI is InChI=1S/C14H17NO4/c1-14(13(18)19)5-7-15(8-6-14)12(17)10-3-2-4-11(16)9-10/h2-4,9,16H,5-8H2,1H3,(H,18,19). The van der Waals surface area contributed by atoms with E-state index in [2.05, 4.69) is 0 Å². The van der Waals surface area contributed by atoms with Gasteiger partial charge in [-0.2, -0.15) is 0 Å². The molecule has 1 heterocycles. The van der Waals surface area contributed by atoms with Gasteiger partial charge in [0.2, 0.25) is 0 Å². The quantitative estimate of drug-likeness (QED) is 0.851. The highest BCUT2D eigenvalue weighted by Crippen LogP contribution is 2.31. The SMILES string of the molecule is CC1(C(=O)O)CCN(C(=O)c2cccc(O)c2)CC1. The van der Waals surface area contributed by atoms with E-state index in [1.54, 1.807) is 24.0 Å². The van der Waals surface area contributed by atoms with Gasteiger partial charge in [-0.1, -0.05) is 6.07 Å². The van der Waals surface area contributed by atoms with E-state index in [-0.39, 0.29) is 11.7 Å². The number of rotatable bonds is 2. The molecule has 0 spiro atoms. The highest BCUT2D eigenvalue weighted by molar-refractivity contribution is 5.94. The third kappa shape index (κ3) is 2.70. The van der Waals surface area contributed by atoms with E-state index < -0.39 is 11.4 Å².